The number of fused-ring (bicyclic) bond motifs is 1. The van der Waals surface area contributed by atoms with Gasteiger partial charge in [-0.15, -0.1) is 0 Å². The molecule has 0 atom stereocenters. The van der Waals surface area contributed by atoms with E-state index in [-0.39, 0.29) is 5.91 Å². The Bertz CT molecular complexity index is 371. The van der Waals surface area contributed by atoms with Gasteiger partial charge in [-0.05, 0) is 12.1 Å². The number of hydrogen-bond acceptors (Lipinski definition) is 2. The van der Waals surface area contributed by atoms with Crippen molar-refractivity contribution in [3.63, 3.8) is 0 Å². The number of anilines is 1. The summed E-state index contributed by atoms with van der Waals surface area (Å²) in [5.41, 5.74) is 1.77. The van der Waals surface area contributed by atoms with Gasteiger partial charge in [0.25, 0.3) is 0 Å². The second kappa shape index (κ2) is 3.01. The topological polar surface area (TPSA) is 32.7 Å². The lowest BCUT2D eigenvalue weighted by Crippen LogP contribution is -2.31. The van der Waals surface area contributed by atoms with E-state index in [1.807, 2.05) is 24.3 Å². The molecule has 0 spiro atoms. The molecule has 1 aromatic rings. The maximum atomic E-state index is 11.2. The number of benzene rings is 1. The van der Waals surface area contributed by atoms with Crippen LogP contribution in [0.3, 0.4) is 0 Å². The molecule has 1 amide bonds. The van der Waals surface area contributed by atoms with Gasteiger partial charge in [-0.1, -0.05) is 12.1 Å². The van der Waals surface area contributed by atoms with Crippen LogP contribution in [0.1, 0.15) is 6.92 Å². The van der Waals surface area contributed by atoms with E-state index in [9.17, 15) is 4.79 Å². The van der Waals surface area contributed by atoms with Crippen molar-refractivity contribution in [2.45, 2.75) is 6.92 Å². The van der Waals surface area contributed by atoms with E-state index in [1.165, 1.54) is 0 Å². The van der Waals surface area contributed by atoms with Crippen LogP contribution in [-0.2, 0) is 4.79 Å². The van der Waals surface area contributed by atoms with Gasteiger partial charge in [-0.2, -0.15) is 0 Å². The van der Waals surface area contributed by atoms with Crippen molar-refractivity contribution in [1.82, 2.24) is 0 Å². The van der Waals surface area contributed by atoms with E-state index in [1.54, 1.807) is 18.0 Å². The van der Waals surface area contributed by atoms with Crippen molar-refractivity contribution < 1.29 is 4.79 Å². The largest absolute Gasteiger partial charge is 0.305 e. The summed E-state index contributed by atoms with van der Waals surface area (Å²) in [4.78, 5) is 17.1. The van der Waals surface area contributed by atoms with Crippen LogP contribution in [0.25, 0.3) is 0 Å². The first-order valence-corrected chi connectivity index (χ1v) is 4.18. The number of carbonyl (C=O) groups is 1. The Labute approximate surface area is 76.7 Å². The minimum atomic E-state index is 0.0543. The monoisotopic (exact) mass is 174 g/mol. The first-order chi connectivity index (χ1) is 6.29. The van der Waals surface area contributed by atoms with Gasteiger partial charge < -0.3 is 4.90 Å². The summed E-state index contributed by atoms with van der Waals surface area (Å²) in [5, 5.41) is 0. The SMILES string of the molecule is CC(=O)N1CC=Nc2ccccc21. The van der Waals surface area contributed by atoms with Gasteiger partial charge >= 0.3 is 0 Å². The molecule has 0 saturated heterocycles. The quantitative estimate of drug-likeness (QED) is 0.589. The molecule has 0 bridgehead atoms. The summed E-state index contributed by atoms with van der Waals surface area (Å²) in [7, 11) is 0. The molecule has 2 rings (SSSR count). The van der Waals surface area contributed by atoms with E-state index < -0.39 is 0 Å². The third-order valence-electron chi connectivity index (χ3n) is 2.05. The van der Waals surface area contributed by atoms with Crippen LogP contribution in [-0.4, -0.2) is 18.7 Å². The maximum Gasteiger partial charge on any atom is 0.224 e. The highest BCUT2D eigenvalue weighted by Crippen LogP contribution is 2.30. The molecule has 0 unspecified atom stereocenters. The van der Waals surface area contributed by atoms with Crippen molar-refractivity contribution >= 4 is 23.5 Å². The van der Waals surface area contributed by atoms with Crippen LogP contribution in [0.2, 0.25) is 0 Å². The molecule has 13 heavy (non-hydrogen) atoms. The van der Waals surface area contributed by atoms with Crippen LogP contribution in [0, 0.1) is 0 Å². The number of amides is 1. The van der Waals surface area contributed by atoms with Gasteiger partial charge in [0, 0.05) is 13.1 Å². The molecule has 1 heterocycles. The Kier molecular flexibility index (Phi) is 1.85. The molecule has 1 aliphatic rings. The molecule has 66 valence electrons. The summed E-state index contributed by atoms with van der Waals surface area (Å²) in [5.74, 6) is 0.0543. The van der Waals surface area contributed by atoms with Crippen molar-refractivity contribution in [2.24, 2.45) is 4.99 Å². The fourth-order valence-corrected chi connectivity index (χ4v) is 1.42. The van der Waals surface area contributed by atoms with Gasteiger partial charge in [0.05, 0.1) is 17.9 Å². The number of para-hydroxylation sites is 2. The van der Waals surface area contributed by atoms with E-state index in [2.05, 4.69) is 4.99 Å². The number of rotatable bonds is 0. The zero-order chi connectivity index (χ0) is 9.26. The Balaban J connectivity index is 2.49. The number of hydrogen-bond donors (Lipinski definition) is 0. The summed E-state index contributed by atoms with van der Waals surface area (Å²) in [6.07, 6.45) is 1.75. The van der Waals surface area contributed by atoms with Gasteiger partial charge in [-0.25, -0.2) is 0 Å². The van der Waals surface area contributed by atoms with Gasteiger partial charge in [0.15, 0.2) is 0 Å². The van der Waals surface area contributed by atoms with E-state index >= 15 is 0 Å². The lowest BCUT2D eigenvalue weighted by atomic mass is 10.2. The van der Waals surface area contributed by atoms with E-state index in [4.69, 9.17) is 0 Å². The molecule has 0 aromatic heterocycles. The second-order valence-electron chi connectivity index (χ2n) is 2.93. The van der Waals surface area contributed by atoms with Crippen molar-refractivity contribution in [2.75, 3.05) is 11.4 Å². The Hall–Kier alpha value is -1.64. The summed E-state index contributed by atoms with van der Waals surface area (Å²) >= 11 is 0. The standard InChI is InChI=1S/C10H10N2O/c1-8(13)12-7-6-11-9-4-2-3-5-10(9)12/h2-6H,7H2,1H3. The molecular weight excluding hydrogens is 164 g/mol. The van der Waals surface area contributed by atoms with Crippen LogP contribution in [0.15, 0.2) is 29.3 Å². The Morgan fingerprint density at radius 2 is 2.23 bits per heavy atom. The molecule has 0 fully saturated rings. The van der Waals surface area contributed by atoms with Crippen molar-refractivity contribution in [3.05, 3.63) is 24.3 Å². The maximum absolute atomic E-state index is 11.2. The normalized spacial score (nSPS) is 14.1. The van der Waals surface area contributed by atoms with Crippen LogP contribution in [0.4, 0.5) is 11.4 Å². The molecule has 3 heteroatoms. The molecule has 0 aliphatic carbocycles. The molecule has 3 nitrogen and oxygen atoms in total. The predicted molar refractivity (Wildman–Crippen MR) is 52.6 cm³/mol. The zero-order valence-corrected chi connectivity index (χ0v) is 7.40. The van der Waals surface area contributed by atoms with Crippen LogP contribution < -0.4 is 4.90 Å². The number of nitrogens with zero attached hydrogens (tertiary/aromatic N) is 2. The Morgan fingerprint density at radius 3 is 3.00 bits per heavy atom. The zero-order valence-electron chi connectivity index (χ0n) is 7.40. The average molecular weight is 174 g/mol. The highest BCUT2D eigenvalue weighted by molar-refractivity contribution is 6.00. The number of aliphatic imine (C=N–C) groups is 1. The molecule has 0 saturated carbocycles. The lowest BCUT2D eigenvalue weighted by molar-refractivity contribution is -0.116. The van der Waals surface area contributed by atoms with Crippen LogP contribution in [0.5, 0.6) is 0 Å². The molecule has 1 aromatic carbocycles. The summed E-state index contributed by atoms with van der Waals surface area (Å²) in [6.45, 7) is 2.14. The first-order valence-electron chi connectivity index (χ1n) is 4.18. The van der Waals surface area contributed by atoms with Crippen LogP contribution >= 0.6 is 0 Å². The minimum absolute atomic E-state index is 0.0543. The van der Waals surface area contributed by atoms with Gasteiger partial charge in [0.1, 0.15) is 0 Å². The highest BCUT2D eigenvalue weighted by atomic mass is 16.2. The van der Waals surface area contributed by atoms with E-state index in [0.29, 0.717) is 6.54 Å². The fourth-order valence-electron chi connectivity index (χ4n) is 1.42. The molecule has 1 aliphatic heterocycles. The second-order valence-corrected chi connectivity index (χ2v) is 2.93. The number of carbonyl (C=O) groups excluding carboxylic acids is 1. The fraction of sp³-hybridized carbons (Fsp3) is 0.200. The third kappa shape index (κ3) is 1.33. The third-order valence-corrected chi connectivity index (χ3v) is 2.05. The molecule has 0 N–H and O–H groups in total. The lowest BCUT2D eigenvalue weighted by Gasteiger charge is -2.23. The highest BCUT2D eigenvalue weighted by Gasteiger charge is 2.16. The molecule has 0 radical (unpaired) electrons. The van der Waals surface area contributed by atoms with Crippen molar-refractivity contribution in [1.29, 1.82) is 0 Å². The van der Waals surface area contributed by atoms with Gasteiger partial charge in [-0.3, -0.25) is 9.79 Å². The summed E-state index contributed by atoms with van der Waals surface area (Å²) < 4.78 is 0. The Morgan fingerprint density at radius 1 is 1.46 bits per heavy atom. The first kappa shape index (κ1) is 7.98. The molecular formula is C10H10N2O. The van der Waals surface area contributed by atoms with Gasteiger partial charge in [0.2, 0.25) is 5.91 Å². The smallest absolute Gasteiger partial charge is 0.224 e. The average Bonchev–Trinajstić information content (AvgIpc) is 2.17. The van der Waals surface area contributed by atoms with Crippen molar-refractivity contribution in [3.8, 4) is 0 Å². The predicted octanol–water partition coefficient (Wildman–Crippen LogP) is 1.76. The van der Waals surface area contributed by atoms with E-state index in [0.717, 1.165) is 11.4 Å². The summed E-state index contributed by atoms with van der Waals surface area (Å²) in [6, 6.07) is 7.64. The minimum Gasteiger partial charge on any atom is -0.305 e.